The third-order valence-electron chi connectivity index (χ3n) is 4.59. The van der Waals surface area contributed by atoms with Crippen LogP contribution < -0.4 is 4.74 Å². The number of carboxylic acid groups (broad SMARTS) is 1. The topological polar surface area (TPSA) is 74.2 Å². The summed E-state index contributed by atoms with van der Waals surface area (Å²) < 4.78 is 22.6. The molecule has 0 fully saturated rings. The first-order chi connectivity index (χ1) is 14.9. The van der Waals surface area contributed by atoms with Crippen LogP contribution in [0.3, 0.4) is 0 Å². The summed E-state index contributed by atoms with van der Waals surface area (Å²) in [5, 5.41) is 9.22. The molecule has 0 aliphatic heterocycles. The van der Waals surface area contributed by atoms with Crippen molar-refractivity contribution < 1.29 is 28.8 Å². The monoisotopic (exact) mass is 490 g/mol. The van der Waals surface area contributed by atoms with E-state index in [0.717, 1.165) is 15.8 Å². The molecule has 6 nitrogen and oxygen atoms in total. The van der Waals surface area contributed by atoms with E-state index < -0.39 is 17.7 Å². The van der Waals surface area contributed by atoms with E-state index in [4.69, 9.17) is 18.9 Å². The fraction of sp³-hybridized carbons (Fsp3) is 0.375. The number of halogens is 1. The van der Waals surface area contributed by atoms with Gasteiger partial charge in [0.15, 0.2) is 11.7 Å². The second kappa shape index (κ2) is 12.4. The summed E-state index contributed by atoms with van der Waals surface area (Å²) in [4.78, 5) is 11.2. The molecule has 1 unspecified atom stereocenters. The van der Waals surface area contributed by atoms with E-state index in [1.807, 2.05) is 36.4 Å². The third kappa shape index (κ3) is 7.59. The fourth-order valence-corrected chi connectivity index (χ4v) is 3.48. The molecule has 1 N–H and O–H groups in total. The van der Waals surface area contributed by atoms with E-state index in [9.17, 15) is 9.90 Å². The van der Waals surface area contributed by atoms with Crippen LogP contribution >= 0.6 is 15.9 Å². The summed E-state index contributed by atoms with van der Waals surface area (Å²) in [6, 6.07) is 5.47. The van der Waals surface area contributed by atoms with Crippen LogP contribution in [0.15, 0.2) is 58.8 Å². The quantitative estimate of drug-likeness (QED) is 0.493. The number of aliphatic carboxylic acids is 1. The summed E-state index contributed by atoms with van der Waals surface area (Å²) in [6.45, 7) is 2.46. The van der Waals surface area contributed by atoms with Gasteiger partial charge in [-0.3, -0.25) is 0 Å². The van der Waals surface area contributed by atoms with E-state index in [2.05, 4.69) is 27.8 Å². The fourth-order valence-electron chi connectivity index (χ4n) is 2.93. The van der Waals surface area contributed by atoms with Gasteiger partial charge in [-0.15, -0.1) is 0 Å². The molecule has 0 heterocycles. The highest BCUT2D eigenvalue weighted by Gasteiger charge is 2.28. The number of carbonyl (C=O) groups is 1. The maximum Gasteiger partial charge on any atom is 0.333 e. The Hall–Kier alpha value is -2.53. The van der Waals surface area contributed by atoms with Gasteiger partial charge in [0.1, 0.15) is 12.4 Å². The van der Waals surface area contributed by atoms with Gasteiger partial charge >= 0.3 is 5.97 Å². The Bertz CT molecular complexity index is 908. The second-order valence-electron chi connectivity index (χ2n) is 6.70. The third-order valence-corrected chi connectivity index (χ3v) is 5.21. The van der Waals surface area contributed by atoms with Crippen LogP contribution in [0.5, 0.6) is 5.75 Å². The summed E-state index contributed by atoms with van der Waals surface area (Å²) in [5.74, 6) is 6.60. The molecule has 1 aliphatic rings. The van der Waals surface area contributed by atoms with Crippen molar-refractivity contribution in [3.05, 3.63) is 64.4 Å². The molecule has 0 saturated heterocycles. The Kier molecular flexibility index (Phi) is 9.86. The molecule has 2 rings (SSSR count). The average Bonchev–Trinajstić information content (AvgIpc) is 2.77. The molecule has 0 radical (unpaired) electrons. The minimum atomic E-state index is -0.974. The average molecular weight is 491 g/mol. The molecule has 1 aromatic rings. The van der Waals surface area contributed by atoms with Crippen molar-refractivity contribution in [2.75, 3.05) is 27.4 Å². The minimum absolute atomic E-state index is 0.285. The zero-order valence-corrected chi connectivity index (χ0v) is 19.5. The van der Waals surface area contributed by atoms with Crippen molar-refractivity contribution in [2.45, 2.75) is 31.5 Å². The molecule has 2 atom stereocenters. The Morgan fingerprint density at radius 2 is 2.19 bits per heavy atom. The van der Waals surface area contributed by atoms with Crippen LogP contribution in [-0.2, 0) is 25.4 Å². The molecule has 31 heavy (non-hydrogen) atoms. The Morgan fingerprint density at radius 1 is 1.39 bits per heavy atom. The lowest BCUT2D eigenvalue weighted by Crippen LogP contribution is -2.29. The van der Waals surface area contributed by atoms with Crippen LogP contribution in [0, 0.1) is 11.8 Å². The van der Waals surface area contributed by atoms with Crippen LogP contribution in [0.25, 0.3) is 0 Å². The number of hydrogen-bond acceptors (Lipinski definition) is 5. The smallest absolute Gasteiger partial charge is 0.333 e. The highest BCUT2D eigenvalue weighted by molar-refractivity contribution is 9.10. The van der Waals surface area contributed by atoms with Crippen molar-refractivity contribution in [3.63, 3.8) is 0 Å². The van der Waals surface area contributed by atoms with E-state index in [-0.39, 0.29) is 6.42 Å². The highest BCUT2D eigenvalue weighted by Crippen LogP contribution is 2.27. The molecule has 0 spiro atoms. The first-order valence-corrected chi connectivity index (χ1v) is 10.6. The molecule has 0 amide bonds. The summed E-state index contributed by atoms with van der Waals surface area (Å²) in [5.41, 5.74) is 0.149. The zero-order chi connectivity index (χ0) is 22.7. The maximum absolute atomic E-state index is 11.2. The lowest BCUT2D eigenvalue weighted by molar-refractivity contribution is -0.149. The number of allylic oxidation sites excluding steroid dienone is 3. The van der Waals surface area contributed by atoms with E-state index in [1.54, 1.807) is 33.3 Å². The van der Waals surface area contributed by atoms with Crippen molar-refractivity contribution in [1.82, 2.24) is 0 Å². The number of ether oxygens (including phenoxy) is 4. The van der Waals surface area contributed by atoms with Gasteiger partial charge in [-0.25, -0.2) is 4.79 Å². The predicted octanol–water partition coefficient (Wildman–Crippen LogP) is 4.30. The number of benzene rings is 1. The number of carboxylic acids is 1. The van der Waals surface area contributed by atoms with Gasteiger partial charge in [0, 0.05) is 26.6 Å². The second-order valence-corrected chi connectivity index (χ2v) is 7.55. The lowest BCUT2D eigenvalue weighted by atomic mass is 9.94. The Labute approximate surface area is 191 Å². The molecular formula is C24H27BrO6. The van der Waals surface area contributed by atoms with E-state index in [0.29, 0.717) is 25.4 Å². The Morgan fingerprint density at radius 3 is 2.84 bits per heavy atom. The van der Waals surface area contributed by atoms with Crippen LogP contribution in [0.2, 0.25) is 0 Å². The Balaban J connectivity index is 1.91. The number of methoxy groups -OCH3 is 2. The van der Waals surface area contributed by atoms with Crippen LogP contribution in [0.1, 0.15) is 18.9 Å². The predicted molar refractivity (Wildman–Crippen MR) is 122 cm³/mol. The summed E-state index contributed by atoms with van der Waals surface area (Å²) in [7, 11) is 3.25. The van der Waals surface area contributed by atoms with Crippen LogP contribution in [-0.4, -0.2) is 50.2 Å². The molecule has 166 valence electrons. The van der Waals surface area contributed by atoms with Gasteiger partial charge in [0.25, 0.3) is 0 Å². The standard InChI is InChI=1S/C24H27BrO6/c1-4-30-22(23(26)27)16-18-10-11-21(20(25)15-18)31-14-7-5-6-12-24(29-3)13-8-9-19(17-24)28-2/h5,7-11,13,15,22H,4,14,16-17H2,1-3H3,(H,26,27)/t22-,24?/m0/s1. The molecule has 0 saturated carbocycles. The molecule has 0 aromatic heterocycles. The molecular weight excluding hydrogens is 464 g/mol. The largest absolute Gasteiger partial charge is 0.501 e. The zero-order valence-electron chi connectivity index (χ0n) is 17.9. The van der Waals surface area contributed by atoms with Crippen molar-refractivity contribution in [2.24, 2.45) is 0 Å². The summed E-state index contributed by atoms with van der Waals surface area (Å²) >= 11 is 3.47. The van der Waals surface area contributed by atoms with Crippen molar-refractivity contribution in [3.8, 4) is 17.6 Å². The van der Waals surface area contributed by atoms with Gasteiger partial charge in [-0.05, 0) is 64.9 Å². The van der Waals surface area contributed by atoms with E-state index in [1.165, 1.54) is 0 Å². The van der Waals surface area contributed by atoms with Gasteiger partial charge < -0.3 is 24.1 Å². The lowest BCUT2D eigenvalue weighted by Gasteiger charge is -2.26. The molecule has 7 heteroatoms. The maximum atomic E-state index is 11.2. The highest BCUT2D eigenvalue weighted by atomic mass is 79.9. The SMILES string of the molecule is CCO[C@@H](Cc1ccc(OCC=CC#CC2(OC)C=CC=C(OC)C2)c(Br)c1)C(=O)O. The first kappa shape index (κ1) is 24.7. The number of rotatable bonds is 10. The summed E-state index contributed by atoms with van der Waals surface area (Å²) in [6.07, 6.45) is 9.19. The molecule has 1 aliphatic carbocycles. The molecule has 1 aromatic carbocycles. The van der Waals surface area contributed by atoms with Crippen molar-refractivity contribution in [1.29, 1.82) is 0 Å². The number of hydrogen-bond donors (Lipinski definition) is 1. The molecule has 0 bridgehead atoms. The normalized spacial score (nSPS) is 18.8. The van der Waals surface area contributed by atoms with Crippen LogP contribution in [0.4, 0.5) is 0 Å². The van der Waals surface area contributed by atoms with E-state index >= 15 is 0 Å². The minimum Gasteiger partial charge on any atom is -0.501 e. The van der Waals surface area contributed by atoms with Gasteiger partial charge in [-0.1, -0.05) is 24.0 Å². The van der Waals surface area contributed by atoms with Gasteiger partial charge in [-0.2, -0.15) is 0 Å². The van der Waals surface area contributed by atoms with Crippen molar-refractivity contribution >= 4 is 21.9 Å². The van der Waals surface area contributed by atoms with Gasteiger partial charge in [0.2, 0.25) is 0 Å². The van der Waals surface area contributed by atoms with Gasteiger partial charge in [0.05, 0.1) is 17.3 Å². The first-order valence-electron chi connectivity index (χ1n) is 9.84.